The first kappa shape index (κ1) is 14.9. The van der Waals surface area contributed by atoms with Gasteiger partial charge >= 0.3 is 0 Å². The van der Waals surface area contributed by atoms with Crippen LogP contribution in [-0.4, -0.2) is 30.8 Å². The van der Waals surface area contributed by atoms with Crippen LogP contribution < -0.4 is 11.1 Å². The van der Waals surface area contributed by atoms with Crippen molar-refractivity contribution >= 4 is 5.82 Å². The number of aromatic nitrogens is 1. The Bertz CT molecular complexity index is 340. The average Bonchev–Trinajstić information content (AvgIpc) is 2.37. The van der Waals surface area contributed by atoms with Crippen LogP contribution in [0.1, 0.15) is 32.3 Å². The third-order valence-electron chi connectivity index (χ3n) is 3.11. The minimum Gasteiger partial charge on any atom is -0.384 e. The van der Waals surface area contributed by atoms with Crippen LogP contribution in [-0.2, 0) is 11.2 Å². The lowest BCUT2D eigenvalue weighted by molar-refractivity contribution is 0.0653. The van der Waals surface area contributed by atoms with Crippen molar-refractivity contribution in [2.24, 2.45) is 0 Å². The van der Waals surface area contributed by atoms with Crippen LogP contribution in [0.15, 0.2) is 18.3 Å². The van der Waals surface area contributed by atoms with Crippen LogP contribution in [0.4, 0.5) is 5.82 Å². The number of pyridine rings is 1. The van der Waals surface area contributed by atoms with Gasteiger partial charge in [-0.3, -0.25) is 0 Å². The summed E-state index contributed by atoms with van der Waals surface area (Å²) in [5.74, 6) is 0.576. The normalized spacial score (nSPS) is 14.4. The molecule has 0 saturated heterocycles. The Morgan fingerprint density at radius 1 is 1.44 bits per heavy atom. The molecule has 1 heterocycles. The van der Waals surface area contributed by atoms with E-state index >= 15 is 0 Å². The van der Waals surface area contributed by atoms with E-state index in [1.807, 2.05) is 12.1 Å². The summed E-state index contributed by atoms with van der Waals surface area (Å²) in [6, 6.07) is 4.27. The van der Waals surface area contributed by atoms with Gasteiger partial charge in [-0.25, -0.2) is 4.98 Å². The topological polar surface area (TPSA) is 60.2 Å². The number of ether oxygens (including phenoxy) is 1. The molecule has 0 bridgehead atoms. The van der Waals surface area contributed by atoms with Crippen LogP contribution in [0.2, 0.25) is 0 Å². The number of nitrogen functional groups attached to an aromatic ring is 1. The van der Waals surface area contributed by atoms with E-state index in [0.717, 1.165) is 25.8 Å². The smallest absolute Gasteiger partial charge is 0.123 e. The van der Waals surface area contributed by atoms with Crippen molar-refractivity contribution in [3.63, 3.8) is 0 Å². The summed E-state index contributed by atoms with van der Waals surface area (Å²) in [6.07, 6.45) is 5.02. The van der Waals surface area contributed by atoms with Crippen molar-refractivity contribution in [3.05, 3.63) is 23.9 Å². The van der Waals surface area contributed by atoms with Crippen LogP contribution in [0, 0.1) is 0 Å². The van der Waals surface area contributed by atoms with E-state index in [-0.39, 0.29) is 6.10 Å². The van der Waals surface area contributed by atoms with Gasteiger partial charge in [0.2, 0.25) is 0 Å². The van der Waals surface area contributed by atoms with E-state index in [4.69, 9.17) is 10.5 Å². The summed E-state index contributed by atoms with van der Waals surface area (Å²) in [5, 5.41) is 3.55. The van der Waals surface area contributed by atoms with Gasteiger partial charge in [0.25, 0.3) is 0 Å². The fraction of sp³-hybridized carbons (Fsp3) is 0.643. The molecule has 0 aromatic carbocycles. The summed E-state index contributed by atoms with van der Waals surface area (Å²) in [4.78, 5) is 4.02. The first-order valence-electron chi connectivity index (χ1n) is 6.67. The van der Waals surface area contributed by atoms with Crippen molar-refractivity contribution in [1.29, 1.82) is 0 Å². The molecule has 0 aliphatic heterocycles. The lowest BCUT2D eigenvalue weighted by atomic mass is 10.00. The Kier molecular flexibility index (Phi) is 6.68. The molecule has 102 valence electrons. The minimum absolute atomic E-state index is 0.228. The molecule has 1 aromatic heterocycles. The van der Waals surface area contributed by atoms with Crippen LogP contribution in [0.25, 0.3) is 0 Å². The zero-order valence-corrected chi connectivity index (χ0v) is 11.6. The standard InChI is InChI=1S/C14H25N3O/c1-4-7-16-12(13(5-2)18-3)9-11-6-8-17-14(15)10-11/h6,8,10,12-13,16H,4-5,7,9H2,1-3H3,(H2,15,17). The molecule has 18 heavy (non-hydrogen) atoms. The summed E-state index contributed by atoms with van der Waals surface area (Å²) in [6.45, 7) is 5.32. The third-order valence-corrected chi connectivity index (χ3v) is 3.11. The number of hydrogen-bond acceptors (Lipinski definition) is 4. The molecule has 0 radical (unpaired) electrons. The summed E-state index contributed by atoms with van der Waals surface area (Å²) in [5.41, 5.74) is 6.91. The maximum atomic E-state index is 5.71. The van der Waals surface area contributed by atoms with Crippen molar-refractivity contribution in [2.45, 2.75) is 45.3 Å². The molecular formula is C14H25N3O. The van der Waals surface area contributed by atoms with E-state index in [9.17, 15) is 0 Å². The van der Waals surface area contributed by atoms with Gasteiger partial charge in [0.15, 0.2) is 0 Å². The highest BCUT2D eigenvalue weighted by Crippen LogP contribution is 2.12. The van der Waals surface area contributed by atoms with Gasteiger partial charge in [0, 0.05) is 19.3 Å². The Morgan fingerprint density at radius 2 is 2.22 bits per heavy atom. The fourth-order valence-corrected chi connectivity index (χ4v) is 2.16. The zero-order chi connectivity index (χ0) is 13.4. The molecule has 3 N–H and O–H groups in total. The van der Waals surface area contributed by atoms with Gasteiger partial charge in [-0.1, -0.05) is 13.8 Å². The molecule has 2 unspecified atom stereocenters. The number of nitrogens with two attached hydrogens (primary N) is 1. The second-order valence-corrected chi connectivity index (χ2v) is 4.54. The highest BCUT2D eigenvalue weighted by molar-refractivity contribution is 5.32. The molecule has 0 amide bonds. The van der Waals surface area contributed by atoms with Crippen LogP contribution >= 0.6 is 0 Å². The quantitative estimate of drug-likeness (QED) is 0.742. The first-order chi connectivity index (χ1) is 8.71. The molecule has 1 rings (SSSR count). The SMILES string of the molecule is CCCNC(Cc1ccnc(N)c1)C(CC)OC. The van der Waals surface area contributed by atoms with Crippen molar-refractivity contribution < 1.29 is 4.74 Å². The maximum Gasteiger partial charge on any atom is 0.123 e. The van der Waals surface area contributed by atoms with Gasteiger partial charge in [-0.2, -0.15) is 0 Å². The van der Waals surface area contributed by atoms with Crippen LogP contribution in [0.5, 0.6) is 0 Å². The molecule has 4 nitrogen and oxygen atoms in total. The lowest BCUT2D eigenvalue weighted by Gasteiger charge is -2.26. The minimum atomic E-state index is 0.228. The molecule has 2 atom stereocenters. The van der Waals surface area contributed by atoms with E-state index in [1.54, 1.807) is 13.3 Å². The van der Waals surface area contributed by atoms with Crippen LogP contribution in [0.3, 0.4) is 0 Å². The molecule has 0 aliphatic rings. The second kappa shape index (κ2) is 8.06. The first-order valence-corrected chi connectivity index (χ1v) is 6.67. The Hall–Kier alpha value is -1.13. The Morgan fingerprint density at radius 3 is 2.78 bits per heavy atom. The fourth-order valence-electron chi connectivity index (χ4n) is 2.16. The number of methoxy groups -OCH3 is 1. The Balaban J connectivity index is 2.70. The maximum absolute atomic E-state index is 5.71. The van der Waals surface area contributed by atoms with Gasteiger partial charge in [-0.05, 0) is 43.5 Å². The number of anilines is 1. The Labute approximate surface area is 110 Å². The van der Waals surface area contributed by atoms with Crippen molar-refractivity contribution in [1.82, 2.24) is 10.3 Å². The van der Waals surface area contributed by atoms with Gasteiger partial charge in [0.1, 0.15) is 5.82 Å². The van der Waals surface area contributed by atoms with Crippen molar-refractivity contribution in [2.75, 3.05) is 19.4 Å². The number of hydrogen-bond donors (Lipinski definition) is 2. The predicted octanol–water partition coefficient (Wildman–Crippen LogP) is 2.00. The number of nitrogens with one attached hydrogen (secondary N) is 1. The lowest BCUT2D eigenvalue weighted by Crippen LogP contribution is -2.42. The number of rotatable bonds is 8. The van der Waals surface area contributed by atoms with E-state index in [1.165, 1.54) is 5.56 Å². The summed E-state index contributed by atoms with van der Waals surface area (Å²) in [7, 11) is 1.77. The molecule has 0 fully saturated rings. The molecule has 0 aliphatic carbocycles. The predicted molar refractivity (Wildman–Crippen MR) is 75.5 cm³/mol. The highest BCUT2D eigenvalue weighted by Gasteiger charge is 2.19. The molecule has 1 aromatic rings. The van der Waals surface area contributed by atoms with E-state index in [0.29, 0.717) is 11.9 Å². The monoisotopic (exact) mass is 251 g/mol. The molecule has 4 heteroatoms. The average molecular weight is 251 g/mol. The summed E-state index contributed by atoms with van der Waals surface area (Å²) >= 11 is 0. The molecule has 0 spiro atoms. The van der Waals surface area contributed by atoms with E-state index in [2.05, 4.69) is 24.1 Å². The second-order valence-electron chi connectivity index (χ2n) is 4.54. The molecule has 0 saturated carbocycles. The zero-order valence-electron chi connectivity index (χ0n) is 11.6. The van der Waals surface area contributed by atoms with Gasteiger partial charge in [-0.15, -0.1) is 0 Å². The van der Waals surface area contributed by atoms with Gasteiger partial charge in [0.05, 0.1) is 6.10 Å². The highest BCUT2D eigenvalue weighted by atomic mass is 16.5. The van der Waals surface area contributed by atoms with Crippen molar-refractivity contribution in [3.8, 4) is 0 Å². The molecular weight excluding hydrogens is 226 g/mol. The van der Waals surface area contributed by atoms with Gasteiger partial charge < -0.3 is 15.8 Å². The van der Waals surface area contributed by atoms with E-state index < -0.39 is 0 Å². The third kappa shape index (κ3) is 4.63. The largest absolute Gasteiger partial charge is 0.384 e. The summed E-state index contributed by atoms with van der Waals surface area (Å²) < 4.78 is 5.55. The number of nitrogens with zero attached hydrogens (tertiary/aromatic N) is 1.